The van der Waals surface area contributed by atoms with Gasteiger partial charge in [-0.2, -0.15) is 0 Å². The highest BCUT2D eigenvalue weighted by atomic mass is 35.5. The number of anilines is 2. The van der Waals surface area contributed by atoms with Crippen molar-refractivity contribution in [1.29, 1.82) is 0 Å². The lowest BCUT2D eigenvalue weighted by Crippen LogP contribution is -2.35. The summed E-state index contributed by atoms with van der Waals surface area (Å²) in [6.45, 7) is 3.50. The first-order chi connectivity index (χ1) is 9.23. The van der Waals surface area contributed by atoms with Crippen LogP contribution in [0.1, 0.15) is 6.42 Å². The predicted molar refractivity (Wildman–Crippen MR) is 81.3 cm³/mol. The van der Waals surface area contributed by atoms with Gasteiger partial charge in [0, 0.05) is 0 Å². The number of nitrogens with two attached hydrogens (primary N) is 1. The average molecular weight is 318 g/mol. The Kier molecular flexibility index (Phi) is 5.55. The molecule has 0 radical (unpaired) electrons. The molecule has 0 aliphatic heterocycles. The Morgan fingerprint density at radius 1 is 1.55 bits per heavy atom. The fourth-order valence-corrected chi connectivity index (χ4v) is 2.13. The largest absolute Gasteiger partial charge is 0.323 e. The molecule has 20 heavy (non-hydrogen) atoms. The lowest BCUT2D eigenvalue weighted by molar-refractivity contribution is -0.117. The van der Waals surface area contributed by atoms with Gasteiger partial charge in [-0.15, -0.1) is 6.58 Å². The van der Waals surface area contributed by atoms with E-state index in [4.69, 9.17) is 17.3 Å². The van der Waals surface area contributed by atoms with Gasteiger partial charge in [0.15, 0.2) is 0 Å². The van der Waals surface area contributed by atoms with Crippen molar-refractivity contribution < 1.29 is 13.2 Å². The van der Waals surface area contributed by atoms with Crippen molar-refractivity contribution in [3.8, 4) is 0 Å². The molecule has 8 heteroatoms. The van der Waals surface area contributed by atoms with Gasteiger partial charge in [0.25, 0.3) is 0 Å². The van der Waals surface area contributed by atoms with Gasteiger partial charge in [-0.1, -0.05) is 17.7 Å². The van der Waals surface area contributed by atoms with E-state index in [1.165, 1.54) is 24.3 Å². The van der Waals surface area contributed by atoms with E-state index in [0.717, 1.165) is 6.26 Å². The lowest BCUT2D eigenvalue weighted by Gasteiger charge is -2.13. The molecule has 1 amide bonds. The molecule has 0 heterocycles. The number of carbonyl (C=O) groups excluding carboxylic acids is 1. The minimum absolute atomic E-state index is 0.281. The summed E-state index contributed by atoms with van der Waals surface area (Å²) >= 11 is 5.94. The van der Waals surface area contributed by atoms with Crippen LogP contribution < -0.4 is 15.8 Å². The Hall–Kier alpha value is -1.57. The van der Waals surface area contributed by atoms with Crippen LogP contribution in [0.15, 0.2) is 30.9 Å². The van der Waals surface area contributed by atoms with Gasteiger partial charge in [-0.25, -0.2) is 8.42 Å². The second-order valence-electron chi connectivity index (χ2n) is 4.19. The first-order valence-corrected chi connectivity index (χ1v) is 7.94. The Bertz CT molecular complexity index is 616. The van der Waals surface area contributed by atoms with Crippen molar-refractivity contribution in [1.82, 2.24) is 0 Å². The number of sulfonamides is 1. The van der Waals surface area contributed by atoms with Gasteiger partial charge in [0.2, 0.25) is 15.9 Å². The maximum absolute atomic E-state index is 11.8. The number of amides is 1. The van der Waals surface area contributed by atoms with Gasteiger partial charge in [0.1, 0.15) is 0 Å². The van der Waals surface area contributed by atoms with Crippen molar-refractivity contribution in [2.24, 2.45) is 5.73 Å². The Morgan fingerprint density at radius 3 is 2.75 bits per heavy atom. The summed E-state index contributed by atoms with van der Waals surface area (Å²) in [5.74, 6) is -0.427. The van der Waals surface area contributed by atoms with E-state index in [2.05, 4.69) is 16.6 Å². The molecule has 1 aromatic carbocycles. The van der Waals surface area contributed by atoms with Crippen molar-refractivity contribution in [2.75, 3.05) is 16.3 Å². The molecule has 4 N–H and O–H groups in total. The van der Waals surface area contributed by atoms with E-state index in [1.807, 2.05) is 0 Å². The lowest BCUT2D eigenvalue weighted by atomic mass is 10.2. The summed E-state index contributed by atoms with van der Waals surface area (Å²) in [6, 6.07) is 3.64. The van der Waals surface area contributed by atoms with E-state index in [1.54, 1.807) is 0 Å². The van der Waals surface area contributed by atoms with Crippen LogP contribution in [0.5, 0.6) is 0 Å². The number of hydrogen-bond donors (Lipinski definition) is 3. The van der Waals surface area contributed by atoms with Crippen LogP contribution in [0.3, 0.4) is 0 Å². The molecule has 0 saturated carbocycles. The summed E-state index contributed by atoms with van der Waals surface area (Å²) in [5.41, 5.74) is 6.21. The highest BCUT2D eigenvalue weighted by Crippen LogP contribution is 2.26. The SMILES string of the molecule is C=CCC(N)C(=O)Nc1cc(NS(C)(=O)=O)ccc1Cl. The zero-order chi connectivity index (χ0) is 15.3. The molecule has 1 rings (SSSR count). The predicted octanol–water partition coefficient (Wildman–Crippen LogP) is 1.55. The van der Waals surface area contributed by atoms with Crippen LogP contribution in [0.4, 0.5) is 11.4 Å². The number of rotatable bonds is 6. The third-order valence-electron chi connectivity index (χ3n) is 2.28. The fourth-order valence-electron chi connectivity index (χ4n) is 1.41. The Morgan fingerprint density at radius 2 is 2.20 bits per heavy atom. The number of nitrogens with one attached hydrogen (secondary N) is 2. The molecule has 1 aromatic rings. The molecule has 0 aliphatic carbocycles. The first-order valence-electron chi connectivity index (χ1n) is 5.67. The van der Waals surface area contributed by atoms with Gasteiger partial charge in [0.05, 0.1) is 28.7 Å². The number of carbonyl (C=O) groups is 1. The second kappa shape index (κ2) is 6.74. The second-order valence-corrected chi connectivity index (χ2v) is 6.34. The highest BCUT2D eigenvalue weighted by molar-refractivity contribution is 7.92. The molecule has 110 valence electrons. The van der Waals surface area contributed by atoms with E-state index in [-0.39, 0.29) is 10.7 Å². The van der Waals surface area contributed by atoms with Crippen molar-refractivity contribution >= 4 is 38.9 Å². The standard InChI is InChI=1S/C12H16ClN3O3S/c1-3-4-10(14)12(17)15-11-7-8(5-6-9(11)13)16-20(2,18)19/h3,5-7,10,16H,1,4,14H2,2H3,(H,15,17). The molecular formula is C12H16ClN3O3S. The van der Waals surface area contributed by atoms with Crippen LogP contribution >= 0.6 is 11.6 Å². The molecule has 0 aromatic heterocycles. The van der Waals surface area contributed by atoms with E-state index >= 15 is 0 Å². The van der Waals surface area contributed by atoms with E-state index in [0.29, 0.717) is 12.1 Å². The van der Waals surface area contributed by atoms with Crippen LogP contribution in [-0.2, 0) is 14.8 Å². The van der Waals surface area contributed by atoms with Gasteiger partial charge in [-0.05, 0) is 24.6 Å². The minimum Gasteiger partial charge on any atom is -0.323 e. The number of hydrogen-bond acceptors (Lipinski definition) is 4. The maximum Gasteiger partial charge on any atom is 0.241 e. The zero-order valence-corrected chi connectivity index (χ0v) is 12.5. The molecule has 0 aliphatic rings. The Balaban J connectivity index is 2.92. The van der Waals surface area contributed by atoms with E-state index in [9.17, 15) is 13.2 Å². The van der Waals surface area contributed by atoms with Crippen molar-refractivity contribution in [3.05, 3.63) is 35.9 Å². The molecule has 0 spiro atoms. The van der Waals surface area contributed by atoms with Crippen LogP contribution in [0.2, 0.25) is 5.02 Å². The molecule has 0 bridgehead atoms. The summed E-state index contributed by atoms with van der Waals surface area (Å²) in [4.78, 5) is 11.8. The summed E-state index contributed by atoms with van der Waals surface area (Å²) < 4.78 is 24.6. The third-order valence-corrected chi connectivity index (χ3v) is 3.22. The first kappa shape index (κ1) is 16.5. The molecule has 1 unspecified atom stereocenters. The Labute approximate surface area is 123 Å². The smallest absolute Gasteiger partial charge is 0.241 e. The zero-order valence-electron chi connectivity index (χ0n) is 10.9. The van der Waals surface area contributed by atoms with Gasteiger partial charge in [-0.3, -0.25) is 9.52 Å². The minimum atomic E-state index is -3.40. The van der Waals surface area contributed by atoms with Gasteiger partial charge >= 0.3 is 0 Å². The summed E-state index contributed by atoms with van der Waals surface area (Å²) in [7, 11) is -3.40. The topological polar surface area (TPSA) is 101 Å². The number of halogens is 1. The molecule has 6 nitrogen and oxygen atoms in total. The fraction of sp³-hybridized carbons (Fsp3) is 0.250. The molecule has 0 fully saturated rings. The highest BCUT2D eigenvalue weighted by Gasteiger charge is 2.14. The molecular weight excluding hydrogens is 302 g/mol. The monoisotopic (exact) mass is 317 g/mol. The van der Waals surface area contributed by atoms with Crippen LogP contribution in [0.25, 0.3) is 0 Å². The normalized spacial score (nSPS) is 12.6. The van der Waals surface area contributed by atoms with E-state index < -0.39 is 22.0 Å². The molecule has 1 atom stereocenters. The van der Waals surface area contributed by atoms with Crippen LogP contribution in [-0.4, -0.2) is 26.6 Å². The maximum atomic E-state index is 11.8. The van der Waals surface area contributed by atoms with Gasteiger partial charge < -0.3 is 11.1 Å². The molecule has 0 saturated heterocycles. The van der Waals surface area contributed by atoms with Crippen molar-refractivity contribution in [2.45, 2.75) is 12.5 Å². The number of benzene rings is 1. The summed E-state index contributed by atoms with van der Waals surface area (Å²) in [5, 5.41) is 2.82. The average Bonchev–Trinajstić information content (AvgIpc) is 2.31. The van der Waals surface area contributed by atoms with Crippen LogP contribution in [0, 0.1) is 0 Å². The quantitative estimate of drug-likeness (QED) is 0.693. The van der Waals surface area contributed by atoms with Crippen molar-refractivity contribution in [3.63, 3.8) is 0 Å². The third kappa shape index (κ3) is 5.20. The summed E-state index contributed by atoms with van der Waals surface area (Å²) in [6.07, 6.45) is 2.89.